The lowest BCUT2D eigenvalue weighted by atomic mass is 10.0. The molecule has 0 spiro atoms. The molecule has 0 heterocycles. The van der Waals surface area contributed by atoms with Crippen molar-refractivity contribution < 1.29 is 19.0 Å². The second kappa shape index (κ2) is 9.52. The van der Waals surface area contributed by atoms with Gasteiger partial charge in [0.15, 0.2) is 0 Å². The maximum Gasteiger partial charge on any atom is 0.347 e. The van der Waals surface area contributed by atoms with Crippen LogP contribution in [0.2, 0.25) is 0 Å². The topological polar surface area (TPSA) is 44.8 Å². The van der Waals surface area contributed by atoms with Crippen LogP contribution in [0, 0.1) is 0 Å². The summed E-state index contributed by atoms with van der Waals surface area (Å²) in [5.74, 6) is 1.25. The smallest absolute Gasteiger partial charge is 0.347 e. The minimum absolute atomic E-state index is 0.367. The summed E-state index contributed by atoms with van der Waals surface area (Å²) in [6.45, 7) is 5.16. The maximum atomic E-state index is 13.4. The van der Waals surface area contributed by atoms with Crippen LogP contribution in [0.15, 0.2) is 72.8 Å². The minimum atomic E-state index is -0.463. The van der Waals surface area contributed by atoms with Crippen molar-refractivity contribution in [2.45, 2.75) is 26.7 Å². The van der Waals surface area contributed by atoms with Crippen LogP contribution in [0.1, 0.15) is 37.0 Å². The number of carbonyl (C=O) groups excluding carboxylic acids is 1. The van der Waals surface area contributed by atoms with Gasteiger partial charge in [0.1, 0.15) is 22.8 Å². The van der Waals surface area contributed by atoms with E-state index in [9.17, 15) is 4.79 Å². The Morgan fingerprint density at radius 3 is 2.13 bits per heavy atom. The lowest BCUT2D eigenvalue weighted by Crippen LogP contribution is -2.13. The van der Waals surface area contributed by atoms with Crippen molar-refractivity contribution in [1.29, 1.82) is 0 Å². The average molecular weight is 415 g/mol. The minimum Gasteiger partial charge on any atom is -0.493 e. The highest BCUT2D eigenvalue weighted by Crippen LogP contribution is 2.38. The van der Waals surface area contributed by atoms with Gasteiger partial charge in [-0.3, -0.25) is 0 Å². The summed E-state index contributed by atoms with van der Waals surface area (Å²) in [6.07, 6.45) is 1.71. The van der Waals surface area contributed by atoms with Crippen molar-refractivity contribution in [3.8, 4) is 17.2 Å². The van der Waals surface area contributed by atoms with Gasteiger partial charge in [-0.1, -0.05) is 74.5 Å². The number of rotatable bonds is 8. The standard InChI is InChI=1S/C27H26O4/c1-3-16-29-25-18-23(26(30-17-4-2)22-14-8-7-13-21(22)25)27(28)31-24-15-9-11-19-10-5-6-12-20(19)24/h5-15,18H,3-4,16-17H2,1-2H3. The molecule has 0 aromatic heterocycles. The Morgan fingerprint density at radius 1 is 0.710 bits per heavy atom. The van der Waals surface area contributed by atoms with E-state index in [0.29, 0.717) is 36.0 Å². The number of hydrogen-bond donors (Lipinski definition) is 0. The summed E-state index contributed by atoms with van der Waals surface area (Å²) in [5, 5.41) is 3.66. The Bertz CT molecular complexity index is 1210. The first-order valence-corrected chi connectivity index (χ1v) is 10.7. The highest BCUT2D eigenvalue weighted by Gasteiger charge is 2.22. The van der Waals surface area contributed by atoms with E-state index in [-0.39, 0.29) is 0 Å². The molecule has 0 bridgehead atoms. The van der Waals surface area contributed by atoms with E-state index >= 15 is 0 Å². The third kappa shape index (κ3) is 4.33. The van der Waals surface area contributed by atoms with Gasteiger partial charge in [-0.15, -0.1) is 0 Å². The summed E-state index contributed by atoms with van der Waals surface area (Å²) in [7, 11) is 0. The summed E-state index contributed by atoms with van der Waals surface area (Å²) in [6, 6.07) is 23.1. The highest BCUT2D eigenvalue weighted by atomic mass is 16.5. The highest BCUT2D eigenvalue weighted by molar-refractivity contribution is 6.05. The number of ether oxygens (including phenoxy) is 3. The summed E-state index contributed by atoms with van der Waals surface area (Å²) >= 11 is 0. The summed E-state index contributed by atoms with van der Waals surface area (Å²) in [4.78, 5) is 13.4. The van der Waals surface area contributed by atoms with E-state index < -0.39 is 5.97 Å². The first-order valence-electron chi connectivity index (χ1n) is 10.7. The molecule has 31 heavy (non-hydrogen) atoms. The van der Waals surface area contributed by atoms with Crippen LogP contribution in [0.3, 0.4) is 0 Å². The molecule has 0 atom stereocenters. The Morgan fingerprint density at radius 2 is 1.35 bits per heavy atom. The molecule has 0 aliphatic rings. The van der Waals surface area contributed by atoms with Crippen LogP contribution < -0.4 is 14.2 Å². The zero-order chi connectivity index (χ0) is 21.6. The normalized spacial score (nSPS) is 10.9. The Kier molecular flexibility index (Phi) is 6.37. The zero-order valence-electron chi connectivity index (χ0n) is 17.9. The van der Waals surface area contributed by atoms with E-state index in [1.54, 1.807) is 6.07 Å². The van der Waals surface area contributed by atoms with E-state index in [4.69, 9.17) is 14.2 Å². The molecule has 0 aliphatic carbocycles. The summed E-state index contributed by atoms with van der Waals surface area (Å²) in [5.41, 5.74) is 0.367. The van der Waals surface area contributed by atoms with Crippen LogP contribution in [-0.2, 0) is 0 Å². The third-order valence-corrected chi connectivity index (χ3v) is 5.04. The van der Waals surface area contributed by atoms with Crippen LogP contribution in [0.5, 0.6) is 17.2 Å². The Labute approximate surface area is 182 Å². The molecule has 0 amide bonds. The summed E-state index contributed by atoms with van der Waals surface area (Å²) < 4.78 is 17.9. The van der Waals surface area contributed by atoms with Crippen molar-refractivity contribution in [1.82, 2.24) is 0 Å². The van der Waals surface area contributed by atoms with Gasteiger partial charge in [0.25, 0.3) is 0 Å². The SMILES string of the molecule is CCCOc1cc(C(=O)Oc2cccc3ccccc23)c(OCCC)c2ccccc12. The second-order valence-corrected chi connectivity index (χ2v) is 7.36. The predicted octanol–water partition coefficient (Wildman–Crippen LogP) is 6.79. The molecule has 0 radical (unpaired) electrons. The van der Waals surface area contributed by atoms with E-state index in [0.717, 1.165) is 34.4 Å². The van der Waals surface area contributed by atoms with Gasteiger partial charge in [-0.25, -0.2) is 4.79 Å². The molecule has 4 aromatic carbocycles. The van der Waals surface area contributed by atoms with Crippen molar-refractivity contribution >= 4 is 27.5 Å². The average Bonchev–Trinajstić information content (AvgIpc) is 2.81. The van der Waals surface area contributed by atoms with Crippen LogP contribution in [0.25, 0.3) is 21.5 Å². The molecular formula is C27H26O4. The molecule has 0 N–H and O–H groups in total. The monoisotopic (exact) mass is 414 g/mol. The first-order chi connectivity index (χ1) is 15.2. The quantitative estimate of drug-likeness (QED) is 0.235. The van der Waals surface area contributed by atoms with Gasteiger partial charge < -0.3 is 14.2 Å². The molecular weight excluding hydrogens is 388 g/mol. The van der Waals surface area contributed by atoms with Gasteiger partial charge in [0.05, 0.1) is 13.2 Å². The van der Waals surface area contributed by atoms with Gasteiger partial charge in [0.2, 0.25) is 0 Å². The number of hydrogen-bond acceptors (Lipinski definition) is 4. The lowest BCUT2D eigenvalue weighted by Gasteiger charge is -2.17. The fourth-order valence-corrected chi connectivity index (χ4v) is 3.60. The van der Waals surface area contributed by atoms with E-state index in [2.05, 4.69) is 6.92 Å². The number of benzene rings is 4. The Hall–Kier alpha value is -3.53. The molecule has 4 aromatic rings. The van der Waals surface area contributed by atoms with Gasteiger partial charge in [-0.05, 0) is 30.4 Å². The van der Waals surface area contributed by atoms with Gasteiger partial charge in [-0.2, -0.15) is 0 Å². The maximum absolute atomic E-state index is 13.4. The molecule has 4 rings (SSSR count). The van der Waals surface area contributed by atoms with Crippen molar-refractivity contribution in [3.63, 3.8) is 0 Å². The van der Waals surface area contributed by atoms with Gasteiger partial charge in [0, 0.05) is 16.2 Å². The first kappa shape index (κ1) is 20.7. The largest absolute Gasteiger partial charge is 0.493 e. The Balaban J connectivity index is 1.81. The number of esters is 1. The zero-order valence-corrected chi connectivity index (χ0v) is 17.9. The number of carbonyl (C=O) groups is 1. The van der Waals surface area contributed by atoms with Gasteiger partial charge >= 0.3 is 5.97 Å². The molecule has 0 aliphatic heterocycles. The van der Waals surface area contributed by atoms with Crippen LogP contribution >= 0.6 is 0 Å². The van der Waals surface area contributed by atoms with Crippen LogP contribution in [0.4, 0.5) is 0 Å². The molecule has 0 saturated carbocycles. The molecule has 4 heteroatoms. The van der Waals surface area contributed by atoms with Crippen LogP contribution in [-0.4, -0.2) is 19.2 Å². The van der Waals surface area contributed by atoms with Crippen molar-refractivity contribution in [3.05, 3.63) is 78.4 Å². The molecule has 158 valence electrons. The van der Waals surface area contributed by atoms with Crippen molar-refractivity contribution in [2.75, 3.05) is 13.2 Å². The molecule has 0 fully saturated rings. The van der Waals surface area contributed by atoms with Crippen molar-refractivity contribution in [2.24, 2.45) is 0 Å². The lowest BCUT2D eigenvalue weighted by molar-refractivity contribution is 0.0732. The molecule has 4 nitrogen and oxygen atoms in total. The van der Waals surface area contributed by atoms with E-state index in [1.807, 2.05) is 73.7 Å². The fraction of sp³-hybridized carbons (Fsp3) is 0.222. The molecule has 0 unspecified atom stereocenters. The number of fused-ring (bicyclic) bond motifs is 2. The molecule has 0 saturated heterocycles. The predicted molar refractivity (Wildman–Crippen MR) is 124 cm³/mol. The second-order valence-electron chi connectivity index (χ2n) is 7.36. The fourth-order valence-electron chi connectivity index (χ4n) is 3.60. The third-order valence-electron chi connectivity index (χ3n) is 5.04. The van der Waals surface area contributed by atoms with E-state index in [1.165, 1.54) is 0 Å².